The third kappa shape index (κ3) is 4.54. The molecule has 9 nitrogen and oxygen atoms in total. The molecule has 2 aromatic heterocycles. The molecule has 0 spiro atoms. The zero-order valence-electron chi connectivity index (χ0n) is 17.9. The van der Waals surface area contributed by atoms with Gasteiger partial charge in [0.1, 0.15) is 16.5 Å². The topological polar surface area (TPSA) is 107 Å². The molecule has 0 atom stereocenters. The van der Waals surface area contributed by atoms with Gasteiger partial charge in [-0.3, -0.25) is 10.3 Å². The lowest BCUT2D eigenvalue weighted by Crippen LogP contribution is -2.19. The van der Waals surface area contributed by atoms with E-state index in [2.05, 4.69) is 25.8 Å². The Morgan fingerprint density at radius 1 is 0.938 bits per heavy atom. The Kier molecular flexibility index (Phi) is 6.04. The van der Waals surface area contributed by atoms with Crippen LogP contribution in [0.25, 0.3) is 10.9 Å². The van der Waals surface area contributed by atoms with Gasteiger partial charge in [-0.05, 0) is 49.7 Å². The Morgan fingerprint density at radius 2 is 1.72 bits per heavy atom. The number of benzene rings is 2. The van der Waals surface area contributed by atoms with Crippen LogP contribution in [0.2, 0.25) is 0 Å². The molecule has 0 unspecified atom stereocenters. The van der Waals surface area contributed by atoms with Gasteiger partial charge < -0.3 is 19.5 Å². The Hall–Kier alpha value is -3.92. The van der Waals surface area contributed by atoms with E-state index in [-0.39, 0.29) is 6.03 Å². The first-order valence-electron chi connectivity index (χ1n) is 9.64. The van der Waals surface area contributed by atoms with Crippen LogP contribution in [-0.4, -0.2) is 35.4 Å². The van der Waals surface area contributed by atoms with Crippen molar-refractivity contribution in [2.75, 3.05) is 24.9 Å². The maximum Gasteiger partial charge on any atom is 0.325 e. The van der Waals surface area contributed by atoms with Crippen LogP contribution in [0.4, 0.5) is 15.6 Å². The highest BCUT2D eigenvalue weighted by Gasteiger charge is 2.13. The zero-order valence-corrected chi connectivity index (χ0v) is 18.7. The fourth-order valence-electron chi connectivity index (χ4n) is 3.10. The molecule has 2 N–H and O–H groups in total. The average Bonchev–Trinajstić information content (AvgIpc) is 3.19. The van der Waals surface area contributed by atoms with Crippen molar-refractivity contribution in [2.24, 2.45) is 0 Å². The van der Waals surface area contributed by atoms with Crippen molar-refractivity contribution in [1.82, 2.24) is 15.2 Å². The number of rotatable bonds is 6. The molecule has 32 heavy (non-hydrogen) atoms. The highest BCUT2D eigenvalue weighted by Crippen LogP contribution is 2.37. The second-order valence-corrected chi connectivity index (χ2v) is 8.00. The molecule has 0 aliphatic rings. The van der Waals surface area contributed by atoms with Crippen molar-refractivity contribution in [3.63, 3.8) is 0 Å². The lowest BCUT2D eigenvalue weighted by molar-refractivity contribution is 0.262. The predicted molar refractivity (Wildman–Crippen MR) is 123 cm³/mol. The number of aromatic nitrogens is 3. The number of anilines is 2. The molecule has 164 valence electrons. The summed E-state index contributed by atoms with van der Waals surface area (Å²) < 4.78 is 16.9. The van der Waals surface area contributed by atoms with Crippen LogP contribution in [0.3, 0.4) is 0 Å². The molecule has 4 aromatic rings. The van der Waals surface area contributed by atoms with Crippen LogP contribution in [0.1, 0.15) is 10.6 Å². The van der Waals surface area contributed by atoms with E-state index in [1.165, 1.54) is 11.3 Å². The van der Waals surface area contributed by atoms with Crippen LogP contribution in [0.5, 0.6) is 23.0 Å². The third-order valence-corrected chi connectivity index (χ3v) is 5.38. The van der Waals surface area contributed by atoms with Gasteiger partial charge in [-0.25, -0.2) is 4.79 Å². The number of ether oxygens (including phenoxy) is 3. The van der Waals surface area contributed by atoms with E-state index in [9.17, 15) is 4.79 Å². The molecule has 2 amide bonds. The molecule has 0 saturated carbocycles. The van der Waals surface area contributed by atoms with Crippen molar-refractivity contribution in [3.05, 3.63) is 53.2 Å². The molecule has 2 heterocycles. The maximum atomic E-state index is 12.2. The standard InChI is InChI=1S/C22H21N5O4S/c1-12-9-14(5-6-16(12)24-21(28)25-22-27-26-13(2)32-22)31-18-7-8-23-17-11-20(30-4)19(29-3)10-15(17)18/h5-11H,1-4H3,(H2,24,25,27,28). The Morgan fingerprint density at radius 3 is 2.41 bits per heavy atom. The molecule has 0 fully saturated rings. The summed E-state index contributed by atoms with van der Waals surface area (Å²) >= 11 is 1.30. The number of pyridine rings is 1. The van der Waals surface area contributed by atoms with E-state index >= 15 is 0 Å². The Balaban J connectivity index is 1.53. The first-order valence-corrected chi connectivity index (χ1v) is 10.5. The normalized spacial score (nSPS) is 10.6. The largest absolute Gasteiger partial charge is 0.493 e. The van der Waals surface area contributed by atoms with Gasteiger partial charge in [-0.2, -0.15) is 0 Å². The summed E-state index contributed by atoms with van der Waals surface area (Å²) in [4.78, 5) is 16.6. The average molecular weight is 452 g/mol. The van der Waals surface area contributed by atoms with Gasteiger partial charge in [0.05, 0.1) is 19.7 Å². The van der Waals surface area contributed by atoms with E-state index in [1.807, 2.05) is 26.0 Å². The fourth-order valence-corrected chi connectivity index (χ4v) is 3.69. The minimum atomic E-state index is -0.390. The quantitative estimate of drug-likeness (QED) is 0.417. The van der Waals surface area contributed by atoms with Crippen molar-refractivity contribution in [1.29, 1.82) is 0 Å². The number of methoxy groups -OCH3 is 2. The van der Waals surface area contributed by atoms with E-state index in [1.54, 1.807) is 44.7 Å². The lowest BCUT2D eigenvalue weighted by Gasteiger charge is -2.14. The van der Waals surface area contributed by atoms with E-state index < -0.39 is 0 Å². The zero-order chi connectivity index (χ0) is 22.7. The SMILES string of the molecule is COc1cc2nccc(Oc3ccc(NC(=O)Nc4nnc(C)s4)c(C)c3)c2cc1OC. The first-order chi connectivity index (χ1) is 15.5. The monoisotopic (exact) mass is 451 g/mol. The van der Waals surface area contributed by atoms with Crippen molar-refractivity contribution in [3.8, 4) is 23.0 Å². The molecular weight excluding hydrogens is 430 g/mol. The lowest BCUT2D eigenvalue weighted by atomic mass is 10.1. The fraction of sp³-hybridized carbons (Fsp3) is 0.182. The van der Waals surface area contributed by atoms with Gasteiger partial charge in [-0.15, -0.1) is 10.2 Å². The van der Waals surface area contributed by atoms with Crippen LogP contribution in [-0.2, 0) is 0 Å². The van der Waals surface area contributed by atoms with Gasteiger partial charge in [0.2, 0.25) is 5.13 Å². The van der Waals surface area contributed by atoms with Gasteiger partial charge >= 0.3 is 6.03 Å². The van der Waals surface area contributed by atoms with E-state index in [0.29, 0.717) is 33.8 Å². The van der Waals surface area contributed by atoms with Crippen molar-refractivity contribution in [2.45, 2.75) is 13.8 Å². The van der Waals surface area contributed by atoms with Gasteiger partial charge in [0.25, 0.3) is 0 Å². The summed E-state index contributed by atoms with van der Waals surface area (Å²) in [6, 6.07) is 10.4. The number of carbonyl (C=O) groups is 1. The minimum absolute atomic E-state index is 0.390. The summed E-state index contributed by atoms with van der Waals surface area (Å²) in [5, 5.41) is 15.2. The summed E-state index contributed by atoms with van der Waals surface area (Å²) in [5.41, 5.74) is 2.21. The number of hydrogen-bond acceptors (Lipinski definition) is 8. The first kappa shape index (κ1) is 21.3. The van der Waals surface area contributed by atoms with Crippen LogP contribution in [0, 0.1) is 13.8 Å². The van der Waals surface area contributed by atoms with Crippen LogP contribution in [0.15, 0.2) is 42.6 Å². The number of nitrogens with one attached hydrogen (secondary N) is 2. The highest BCUT2D eigenvalue weighted by molar-refractivity contribution is 7.15. The molecule has 0 bridgehead atoms. The van der Waals surface area contributed by atoms with Crippen LogP contribution >= 0.6 is 11.3 Å². The minimum Gasteiger partial charge on any atom is -0.493 e. The second-order valence-electron chi connectivity index (χ2n) is 6.82. The van der Waals surface area contributed by atoms with Gasteiger partial charge in [0.15, 0.2) is 11.5 Å². The molecule has 0 aliphatic carbocycles. The maximum absolute atomic E-state index is 12.2. The van der Waals surface area contributed by atoms with Crippen LogP contribution < -0.4 is 24.8 Å². The summed E-state index contributed by atoms with van der Waals surface area (Å²) in [6.07, 6.45) is 1.67. The molecule has 2 aromatic carbocycles. The number of hydrogen-bond donors (Lipinski definition) is 2. The number of carbonyl (C=O) groups excluding carboxylic acids is 1. The third-order valence-electron chi connectivity index (χ3n) is 4.63. The van der Waals surface area contributed by atoms with Crippen molar-refractivity contribution >= 4 is 39.1 Å². The number of urea groups is 1. The number of amides is 2. The number of nitrogens with zero attached hydrogens (tertiary/aromatic N) is 3. The summed E-state index contributed by atoms with van der Waals surface area (Å²) in [5.74, 6) is 2.43. The molecule has 0 radical (unpaired) electrons. The van der Waals surface area contributed by atoms with E-state index in [4.69, 9.17) is 14.2 Å². The van der Waals surface area contributed by atoms with Gasteiger partial charge in [0, 0.05) is 23.3 Å². The van der Waals surface area contributed by atoms with Crippen molar-refractivity contribution < 1.29 is 19.0 Å². The predicted octanol–water partition coefficient (Wildman–Crippen LogP) is 5.16. The Bertz CT molecular complexity index is 1290. The molecule has 0 aliphatic heterocycles. The smallest absolute Gasteiger partial charge is 0.325 e. The second kappa shape index (κ2) is 9.06. The molecule has 0 saturated heterocycles. The Labute approximate surface area is 188 Å². The molecular formula is C22H21N5O4S. The number of aryl methyl sites for hydroxylation is 2. The molecule has 10 heteroatoms. The summed E-state index contributed by atoms with van der Waals surface area (Å²) in [7, 11) is 3.16. The number of fused-ring (bicyclic) bond motifs is 1. The van der Waals surface area contributed by atoms with Gasteiger partial charge in [-0.1, -0.05) is 11.3 Å². The highest BCUT2D eigenvalue weighted by atomic mass is 32.1. The summed E-state index contributed by atoms with van der Waals surface area (Å²) in [6.45, 7) is 3.71. The van der Waals surface area contributed by atoms with E-state index in [0.717, 1.165) is 21.5 Å². The molecule has 4 rings (SSSR count).